The molecule has 7 heteroatoms. The number of aromatic nitrogens is 3. The molecule has 124 valence electrons. The van der Waals surface area contributed by atoms with E-state index in [2.05, 4.69) is 15.2 Å². The van der Waals surface area contributed by atoms with E-state index in [9.17, 15) is 13.2 Å². The lowest BCUT2D eigenvalue weighted by molar-refractivity contribution is -0.139. The minimum absolute atomic E-state index is 0.000236. The van der Waals surface area contributed by atoms with Crippen molar-refractivity contribution >= 4 is 11.0 Å². The third-order valence-electron chi connectivity index (χ3n) is 4.76. The predicted molar refractivity (Wildman–Crippen MR) is 84.3 cm³/mol. The smallest absolute Gasteiger partial charge is 0.330 e. The molecule has 1 aromatic carbocycles. The van der Waals surface area contributed by atoms with E-state index >= 15 is 0 Å². The lowest BCUT2D eigenvalue weighted by Crippen LogP contribution is -2.19. The molecule has 2 aromatic heterocycles. The third kappa shape index (κ3) is 2.27. The lowest BCUT2D eigenvalue weighted by atomic mass is 9.92. The number of nitrogens with one attached hydrogen (secondary N) is 1. The Labute approximate surface area is 135 Å². The summed E-state index contributed by atoms with van der Waals surface area (Å²) in [5.74, 6) is 0. The van der Waals surface area contributed by atoms with Crippen molar-refractivity contribution in [3.05, 3.63) is 47.8 Å². The van der Waals surface area contributed by atoms with E-state index in [1.54, 1.807) is 12.1 Å². The van der Waals surface area contributed by atoms with Gasteiger partial charge >= 0.3 is 6.18 Å². The van der Waals surface area contributed by atoms with Gasteiger partial charge in [-0.25, -0.2) is 4.98 Å². The molecule has 24 heavy (non-hydrogen) atoms. The number of pyridine rings is 1. The first-order chi connectivity index (χ1) is 11.4. The zero-order valence-electron chi connectivity index (χ0n) is 12.7. The highest BCUT2D eigenvalue weighted by atomic mass is 19.4. The second-order valence-corrected chi connectivity index (χ2v) is 6.22. The number of aromatic amines is 1. The van der Waals surface area contributed by atoms with Crippen LogP contribution in [0.2, 0.25) is 0 Å². The average Bonchev–Trinajstić information content (AvgIpc) is 3.24. The van der Waals surface area contributed by atoms with Crippen molar-refractivity contribution in [3.8, 4) is 11.1 Å². The first kappa shape index (κ1) is 15.1. The van der Waals surface area contributed by atoms with Crippen LogP contribution in [0.3, 0.4) is 0 Å². The molecule has 0 amide bonds. The van der Waals surface area contributed by atoms with Crippen molar-refractivity contribution in [2.45, 2.75) is 24.4 Å². The molecule has 0 aliphatic heterocycles. The molecule has 3 N–H and O–H groups in total. The van der Waals surface area contributed by atoms with Crippen molar-refractivity contribution in [3.63, 3.8) is 0 Å². The molecule has 4 nitrogen and oxygen atoms in total. The van der Waals surface area contributed by atoms with E-state index < -0.39 is 11.9 Å². The van der Waals surface area contributed by atoms with E-state index in [1.807, 2.05) is 18.2 Å². The molecule has 4 rings (SSSR count). The minimum atomic E-state index is -4.54. The summed E-state index contributed by atoms with van der Waals surface area (Å²) in [6.45, 7) is 0.543. The standard InChI is InChI=1S/C17H15F3N4/c18-17(19,20)14-13-12(4-7-22-15(13)24-23-14)10-2-1-3-11(8-10)16(9-21)5-6-16/h1-4,7-8H,5-6,9,21H2,(H,22,23,24). The highest BCUT2D eigenvalue weighted by Gasteiger charge is 2.43. The molecule has 0 saturated heterocycles. The van der Waals surface area contributed by atoms with Gasteiger partial charge in [0.2, 0.25) is 0 Å². The number of alkyl halides is 3. The van der Waals surface area contributed by atoms with Crippen molar-refractivity contribution in [2.24, 2.45) is 5.73 Å². The van der Waals surface area contributed by atoms with E-state index in [-0.39, 0.29) is 16.4 Å². The summed E-state index contributed by atoms with van der Waals surface area (Å²) in [7, 11) is 0. The highest BCUT2D eigenvalue weighted by molar-refractivity contribution is 5.94. The van der Waals surface area contributed by atoms with Gasteiger partial charge in [0.05, 0.1) is 5.39 Å². The van der Waals surface area contributed by atoms with Gasteiger partial charge in [0.1, 0.15) is 0 Å². The van der Waals surface area contributed by atoms with Crippen molar-refractivity contribution in [2.75, 3.05) is 6.54 Å². The first-order valence-electron chi connectivity index (χ1n) is 7.66. The Balaban J connectivity index is 1.91. The fraction of sp³-hybridized carbons (Fsp3) is 0.294. The Morgan fingerprint density at radius 1 is 1.21 bits per heavy atom. The maximum Gasteiger partial charge on any atom is 0.435 e. The molecule has 1 fully saturated rings. The van der Waals surface area contributed by atoms with Gasteiger partial charge in [-0.2, -0.15) is 18.3 Å². The van der Waals surface area contributed by atoms with Crippen LogP contribution in [0.15, 0.2) is 36.5 Å². The van der Waals surface area contributed by atoms with Gasteiger partial charge in [-0.15, -0.1) is 0 Å². The fourth-order valence-electron chi connectivity index (χ4n) is 3.17. The third-order valence-corrected chi connectivity index (χ3v) is 4.76. The zero-order valence-corrected chi connectivity index (χ0v) is 12.7. The van der Waals surface area contributed by atoms with Crippen LogP contribution in [0.1, 0.15) is 24.1 Å². The number of benzene rings is 1. The van der Waals surface area contributed by atoms with Crippen LogP contribution in [0.4, 0.5) is 13.2 Å². The van der Waals surface area contributed by atoms with Gasteiger partial charge in [-0.3, -0.25) is 5.10 Å². The maximum absolute atomic E-state index is 13.3. The van der Waals surface area contributed by atoms with E-state index in [0.717, 1.165) is 18.4 Å². The molecule has 2 heterocycles. The number of hydrogen-bond acceptors (Lipinski definition) is 3. The summed E-state index contributed by atoms with van der Waals surface area (Å²) < 4.78 is 39.8. The molecule has 0 atom stereocenters. The summed E-state index contributed by atoms with van der Waals surface area (Å²) in [6, 6.07) is 9.18. The molecule has 0 bridgehead atoms. The fourth-order valence-corrected chi connectivity index (χ4v) is 3.17. The summed E-state index contributed by atoms with van der Waals surface area (Å²) in [4.78, 5) is 3.96. The average molecular weight is 332 g/mol. The number of H-pyrrole nitrogens is 1. The van der Waals surface area contributed by atoms with Gasteiger partial charge in [0.25, 0.3) is 0 Å². The second-order valence-electron chi connectivity index (χ2n) is 6.22. The number of halogens is 3. The Kier molecular flexibility index (Phi) is 3.18. The lowest BCUT2D eigenvalue weighted by Gasteiger charge is -2.15. The van der Waals surface area contributed by atoms with Gasteiger partial charge in [0.15, 0.2) is 11.3 Å². The van der Waals surface area contributed by atoms with Gasteiger partial charge in [-0.05, 0) is 35.6 Å². The normalized spacial score (nSPS) is 16.5. The van der Waals surface area contributed by atoms with Crippen LogP contribution >= 0.6 is 0 Å². The van der Waals surface area contributed by atoms with E-state index in [0.29, 0.717) is 17.7 Å². The van der Waals surface area contributed by atoms with Gasteiger partial charge in [-0.1, -0.05) is 24.3 Å². The molecule has 3 aromatic rings. The van der Waals surface area contributed by atoms with Crippen molar-refractivity contribution in [1.82, 2.24) is 15.2 Å². The Morgan fingerprint density at radius 2 is 2.00 bits per heavy atom. The van der Waals surface area contributed by atoms with E-state index in [4.69, 9.17) is 5.73 Å². The number of nitrogens with two attached hydrogens (primary N) is 1. The number of fused-ring (bicyclic) bond motifs is 1. The van der Waals surface area contributed by atoms with Crippen molar-refractivity contribution < 1.29 is 13.2 Å². The van der Waals surface area contributed by atoms with Crippen LogP contribution in [0.5, 0.6) is 0 Å². The maximum atomic E-state index is 13.3. The summed E-state index contributed by atoms with van der Waals surface area (Å²) in [5, 5.41) is 5.79. The Bertz CT molecular complexity index is 910. The second kappa shape index (κ2) is 5.04. The monoisotopic (exact) mass is 332 g/mol. The number of rotatable bonds is 3. The molecule has 0 unspecified atom stereocenters. The summed E-state index contributed by atoms with van der Waals surface area (Å²) in [5.41, 5.74) is 7.30. The zero-order chi connectivity index (χ0) is 16.9. The van der Waals surface area contributed by atoms with Crippen LogP contribution < -0.4 is 5.73 Å². The van der Waals surface area contributed by atoms with Crippen LogP contribution in [-0.2, 0) is 11.6 Å². The minimum Gasteiger partial charge on any atom is -0.330 e. The molecule has 0 radical (unpaired) electrons. The molecule has 1 aliphatic carbocycles. The number of nitrogens with zero attached hydrogens (tertiary/aromatic N) is 2. The van der Waals surface area contributed by atoms with Crippen molar-refractivity contribution in [1.29, 1.82) is 0 Å². The Hall–Kier alpha value is -2.41. The van der Waals surface area contributed by atoms with Crippen LogP contribution in [-0.4, -0.2) is 21.7 Å². The summed E-state index contributed by atoms with van der Waals surface area (Å²) in [6.07, 6.45) is -1.03. The van der Waals surface area contributed by atoms with E-state index in [1.165, 1.54) is 6.20 Å². The van der Waals surface area contributed by atoms with Gasteiger partial charge < -0.3 is 5.73 Å². The van der Waals surface area contributed by atoms with Crippen LogP contribution in [0.25, 0.3) is 22.2 Å². The highest BCUT2D eigenvalue weighted by Crippen LogP contribution is 2.48. The molecule has 0 spiro atoms. The topological polar surface area (TPSA) is 67.6 Å². The summed E-state index contributed by atoms with van der Waals surface area (Å²) >= 11 is 0. The van der Waals surface area contributed by atoms with Gasteiger partial charge in [0, 0.05) is 18.2 Å². The quantitative estimate of drug-likeness (QED) is 0.769. The molecular formula is C17H15F3N4. The first-order valence-corrected chi connectivity index (χ1v) is 7.66. The largest absolute Gasteiger partial charge is 0.435 e. The predicted octanol–water partition coefficient (Wildman–Crippen LogP) is 3.63. The van der Waals surface area contributed by atoms with Crippen LogP contribution in [0, 0.1) is 0 Å². The Morgan fingerprint density at radius 3 is 2.67 bits per heavy atom. The number of hydrogen-bond donors (Lipinski definition) is 2. The molecule has 1 aliphatic rings. The molecule has 1 saturated carbocycles. The SMILES string of the molecule is NCC1(c2cccc(-c3ccnc4[nH]nc(C(F)(F)F)c34)c2)CC1. The molecular weight excluding hydrogens is 317 g/mol.